The zero-order valence-electron chi connectivity index (χ0n) is 10.4. The second kappa shape index (κ2) is 6.70. The van der Waals surface area contributed by atoms with Crippen LogP contribution in [0, 0.1) is 0 Å². The zero-order chi connectivity index (χ0) is 14.5. The van der Waals surface area contributed by atoms with E-state index in [1.54, 1.807) is 36.4 Å². The Hall–Kier alpha value is -1.62. The molecule has 104 valence electrons. The third-order valence-electron chi connectivity index (χ3n) is 2.71. The Balaban J connectivity index is 1.97. The molecule has 0 radical (unpaired) electrons. The predicted molar refractivity (Wildman–Crippen MR) is 78.0 cm³/mol. The summed E-state index contributed by atoms with van der Waals surface area (Å²) in [6.45, 7) is 0.0751. The lowest BCUT2D eigenvalue weighted by atomic mass is 10.1. The molecule has 1 aromatic heterocycles. The number of nitrogens with one attached hydrogen (secondary N) is 1. The SMILES string of the molecule is O=C(NCC(O)c1ccc(Cl)cc1)c1cccnc1Cl. The topological polar surface area (TPSA) is 62.2 Å². The fourth-order valence-electron chi connectivity index (χ4n) is 1.64. The van der Waals surface area contributed by atoms with Crippen molar-refractivity contribution in [3.8, 4) is 0 Å². The molecule has 1 atom stereocenters. The van der Waals surface area contributed by atoms with Crippen LogP contribution < -0.4 is 5.32 Å². The van der Waals surface area contributed by atoms with Gasteiger partial charge >= 0.3 is 0 Å². The number of halogens is 2. The van der Waals surface area contributed by atoms with E-state index in [2.05, 4.69) is 10.3 Å². The second-order valence-electron chi connectivity index (χ2n) is 4.12. The Kier molecular flexibility index (Phi) is 4.95. The lowest BCUT2D eigenvalue weighted by Crippen LogP contribution is -2.28. The molecule has 20 heavy (non-hydrogen) atoms. The van der Waals surface area contributed by atoms with E-state index < -0.39 is 6.10 Å². The van der Waals surface area contributed by atoms with Crippen LogP contribution in [0.1, 0.15) is 22.0 Å². The highest BCUT2D eigenvalue weighted by molar-refractivity contribution is 6.32. The van der Waals surface area contributed by atoms with Gasteiger partial charge in [-0.2, -0.15) is 0 Å². The molecule has 0 saturated heterocycles. The summed E-state index contributed by atoms with van der Waals surface area (Å²) in [4.78, 5) is 15.7. The number of amides is 1. The summed E-state index contributed by atoms with van der Waals surface area (Å²) < 4.78 is 0. The number of aliphatic hydroxyl groups is 1. The number of nitrogens with zero attached hydrogens (tertiary/aromatic N) is 1. The number of pyridine rings is 1. The molecule has 2 N–H and O–H groups in total. The van der Waals surface area contributed by atoms with Gasteiger partial charge in [-0.1, -0.05) is 35.3 Å². The van der Waals surface area contributed by atoms with Crippen LogP contribution in [0.3, 0.4) is 0 Å². The Bertz CT molecular complexity index is 602. The first kappa shape index (κ1) is 14.8. The molecule has 2 rings (SSSR count). The normalized spacial score (nSPS) is 11.9. The van der Waals surface area contributed by atoms with Crippen LogP contribution in [0.4, 0.5) is 0 Å². The van der Waals surface area contributed by atoms with E-state index in [0.717, 1.165) is 0 Å². The highest BCUT2D eigenvalue weighted by Crippen LogP contribution is 2.16. The van der Waals surface area contributed by atoms with Gasteiger partial charge < -0.3 is 10.4 Å². The minimum atomic E-state index is -0.813. The third-order valence-corrected chi connectivity index (χ3v) is 3.27. The van der Waals surface area contributed by atoms with Gasteiger partial charge in [0.15, 0.2) is 0 Å². The highest BCUT2D eigenvalue weighted by atomic mass is 35.5. The van der Waals surface area contributed by atoms with Gasteiger partial charge in [-0.05, 0) is 29.8 Å². The van der Waals surface area contributed by atoms with E-state index in [0.29, 0.717) is 10.6 Å². The molecule has 1 aromatic carbocycles. The molecule has 0 spiro atoms. The van der Waals surface area contributed by atoms with Crippen LogP contribution in [0.15, 0.2) is 42.6 Å². The van der Waals surface area contributed by atoms with Gasteiger partial charge in [0.25, 0.3) is 5.91 Å². The van der Waals surface area contributed by atoms with Crippen molar-refractivity contribution in [2.75, 3.05) is 6.54 Å². The average Bonchev–Trinajstić information content (AvgIpc) is 2.45. The van der Waals surface area contributed by atoms with Gasteiger partial charge in [-0.15, -0.1) is 0 Å². The van der Waals surface area contributed by atoms with Crippen molar-refractivity contribution in [1.29, 1.82) is 0 Å². The molecule has 1 amide bonds. The molecule has 2 aromatic rings. The van der Waals surface area contributed by atoms with Crippen molar-refractivity contribution in [1.82, 2.24) is 10.3 Å². The standard InChI is InChI=1S/C14H12Cl2N2O2/c15-10-5-3-9(4-6-10)12(19)8-18-14(20)11-2-1-7-17-13(11)16/h1-7,12,19H,8H2,(H,18,20). The molecular formula is C14H12Cl2N2O2. The fraction of sp³-hybridized carbons (Fsp3) is 0.143. The van der Waals surface area contributed by atoms with Gasteiger partial charge in [0.05, 0.1) is 11.7 Å². The van der Waals surface area contributed by atoms with Crippen molar-refractivity contribution in [3.05, 3.63) is 63.9 Å². The van der Waals surface area contributed by atoms with E-state index >= 15 is 0 Å². The zero-order valence-corrected chi connectivity index (χ0v) is 11.9. The number of rotatable bonds is 4. The minimum absolute atomic E-state index is 0.0751. The molecular weight excluding hydrogens is 299 g/mol. The second-order valence-corrected chi connectivity index (χ2v) is 4.91. The Morgan fingerprint density at radius 3 is 2.60 bits per heavy atom. The van der Waals surface area contributed by atoms with Crippen LogP contribution in [-0.2, 0) is 0 Å². The maximum Gasteiger partial charge on any atom is 0.254 e. The summed E-state index contributed by atoms with van der Waals surface area (Å²) in [5.41, 5.74) is 0.949. The fourth-order valence-corrected chi connectivity index (χ4v) is 1.97. The number of hydrogen-bond donors (Lipinski definition) is 2. The molecule has 0 saturated carbocycles. The Labute approximate surface area is 126 Å². The van der Waals surface area contributed by atoms with E-state index in [9.17, 15) is 9.90 Å². The molecule has 6 heteroatoms. The predicted octanol–water partition coefficient (Wildman–Crippen LogP) is 2.85. The minimum Gasteiger partial charge on any atom is -0.387 e. The first-order valence-electron chi connectivity index (χ1n) is 5.90. The molecule has 0 aliphatic heterocycles. The summed E-state index contributed by atoms with van der Waals surface area (Å²) in [6, 6.07) is 9.96. The van der Waals surface area contributed by atoms with E-state index in [1.165, 1.54) is 6.20 Å². The van der Waals surface area contributed by atoms with Crippen LogP contribution in [-0.4, -0.2) is 22.5 Å². The Morgan fingerprint density at radius 2 is 1.95 bits per heavy atom. The Morgan fingerprint density at radius 1 is 1.25 bits per heavy atom. The van der Waals surface area contributed by atoms with E-state index in [-0.39, 0.29) is 23.2 Å². The molecule has 1 unspecified atom stereocenters. The van der Waals surface area contributed by atoms with Crippen molar-refractivity contribution >= 4 is 29.1 Å². The average molecular weight is 311 g/mol. The molecule has 4 nitrogen and oxygen atoms in total. The third kappa shape index (κ3) is 3.70. The van der Waals surface area contributed by atoms with Gasteiger partial charge in [-0.3, -0.25) is 4.79 Å². The smallest absolute Gasteiger partial charge is 0.254 e. The number of aliphatic hydroxyl groups excluding tert-OH is 1. The summed E-state index contributed by atoms with van der Waals surface area (Å²) in [5.74, 6) is -0.379. The number of carbonyl (C=O) groups excluding carboxylic acids is 1. The summed E-state index contributed by atoms with van der Waals surface area (Å²) >= 11 is 11.6. The molecule has 0 aliphatic rings. The molecule has 0 fully saturated rings. The summed E-state index contributed by atoms with van der Waals surface area (Å²) in [5, 5.41) is 13.3. The van der Waals surface area contributed by atoms with Crippen LogP contribution in [0.2, 0.25) is 10.2 Å². The molecule has 1 heterocycles. The number of carbonyl (C=O) groups is 1. The first-order chi connectivity index (χ1) is 9.58. The quantitative estimate of drug-likeness (QED) is 0.854. The van der Waals surface area contributed by atoms with Crippen LogP contribution >= 0.6 is 23.2 Å². The van der Waals surface area contributed by atoms with Gasteiger partial charge in [0.2, 0.25) is 0 Å². The molecule has 0 aliphatic carbocycles. The largest absolute Gasteiger partial charge is 0.387 e. The van der Waals surface area contributed by atoms with Crippen molar-refractivity contribution in [2.24, 2.45) is 0 Å². The first-order valence-corrected chi connectivity index (χ1v) is 6.66. The summed E-state index contributed by atoms with van der Waals surface area (Å²) in [7, 11) is 0. The lowest BCUT2D eigenvalue weighted by molar-refractivity contribution is 0.0916. The van der Waals surface area contributed by atoms with Crippen LogP contribution in [0.25, 0.3) is 0 Å². The lowest BCUT2D eigenvalue weighted by Gasteiger charge is -2.12. The van der Waals surface area contributed by atoms with Gasteiger partial charge in [-0.25, -0.2) is 4.98 Å². The molecule has 0 bridgehead atoms. The highest BCUT2D eigenvalue weighted by Gasteiger charge is 2.13. The summed E-state index contributed by atoms with van der Waals surface area (Å²) in [6.07, 6.45) is 0.688. The van der Waals surface area contributed by atoms with E-state index in [4.69, 9.17) is 23.2 Å². The van der Waals surface area contributed by atoms with Crippen LogP contribution in [0.5, 0.6) is 0 Å². The van der Waals surface area contributed by atoms with Crippen molar-refractivity contribution < 1.29 is 9.90 Å². The van der Waals surface area contributed by atoms with Gasteiger partial charge in [0.1, 0.15) is 5.15 Å². The van der Waals surface area contributed by atoms with Crippen molar-refractivity contribution in [2.45, 2.75) is 6.10 Å². The number of aromatic nitrogens is 1. The van der Waals surface area contributed by atoms with Gasteiger partial charge in [0, 0.05) is 17.8 Å². The number of benzene rings is 1. The monoisotopic (exact) mass is 310 g/mol. The number of hydrogen-bond acceptors (Lipinski definition) is 3. The van der Waals surface area contributed by atoms with Crippen molar-refractivity contribution in [3.63, 3.8) is 0 Å². The maximum absolute atomic E-state index is 11.9. The maximum atomic E-state index is 11.9. The van der Waals surface area contributed by atoms with E-state index in [1.807, 2.05) is 0 Å².